The zero-order valence-corrected chi connectivity index (χ0v) is 22.7. The van der Waals surface area contributed by atoms with Crippen LogP contribution in [0.1, 0.15) is 82.3 Å². The summed E-state index contributed by atoms with van der Waals surface area (Å²) in [6.45, 7) is 6.06. The fourth-order valence-electron chi connectivity index (χ4n) is 3.99. The van der Waals surface area contributed by atoms with Crippen molar-refractivity contribution in [2.24, 2.45) is 0 Å². The molecule has 0 atom stereocenters. The van der Waals surface area contributed by atoms with E-state index >= 15 is 0 Å². The molecular formula is C29H51NO5. The number of benzene rings is 1. The number of hydrogen-bond acceptors (Lipinski definition) is 5. The number of aliphatic carboxylic acids is 1. The van der Waals surface area contributed by atoms with E-state index in [4.69, 9.17) is 14.2 Å². The van der Waals surface area contributed by atoms with Gasteiger partial charge < -0.3 is 28.6 Å². The molecule has 0 aliphatic rings. The Labute approximate surface area is 214 Å². The number of unbranched alkanes of at least 4 members (excludes halogenated alkanes) is 9. The first-order valence-corrected chi connectivity index (χ1v) is 13.8. The van der Waals surface area contributed by atoms with Gasteiger partial charge in [-0.25, -0.2) is 0 Å². The van der Waals surface area contributed by atoms with Crippen molar-refractivity contribution in [1.82, 2.24) is 0 Å². The summed E-state index contributed by atoms with van der Waals surface area (Å²) in [6.07, 6.45) is 14.9. The van der Waals surface area contributed by atoms with Gasteiger partial charge >= 0.3 is 0 Å². The van der Waals surface area contributed by atoms with Gasteiger partial charge in [0.1, 0.15) is 13.1 Å². The summed E-state index contributed by atoms with van der Waals surface area (Å²) in [5, 5.41) is 10.7. The number of quaternary nitrogens is 1. The van der Waals surface area contributed by atoms with E-state index < -0.39 is 5.97 Å². The van der Waals surface area contributed by atoms with Gasteiger partial charge in [-0.05, 0) is 24.0 Å². The second-order valence-electron chi connectivity index (χ2n) is 10.2. The molecule has 6 heteroatoms. The summed E-state index contributed by atoms with van der Waals surface area (Å²) in [6, 6.07) is 8.79. The van der Waals surface area contributed by atoms with Crippen LogP contribution in [0.25, 0.3) is 0 Å². The van der Waals surface area contributed by atoms with Crippen LogP contribution in [0.2, 0.25) is 0 Å². The van der Waals surface area contributed by atoms with E-state index in [1.807, 2.05) is 14.1 Å². The molecule has 0 amide bonds. The molecule has 0 N–H and O–H groups in total. The molecule has 0 heterocycles. The maximum Gasteiger partial charge on any atom is 0.119 e. The van der Waals surface area contributed by atoms with E-state index in [0.717, 1.165) is 0 Å². The standard InChI is InChI=1S/C29H51NO5/c1-4-5-6-7-8-9-10-11-12-13-14-27-15-17-28(18-16-27)26-35-24-23-34-22-21-33-20-19-30(2,3)25-29(31)32/h15-18H,4-14,19-26H2,1-3H3. The molecule has 202 valence electrons. The number of carboxylic acid groups (broad SMARTS) is 1. The second kappa shape index (κ2) is 20.7. The van der Waals surface area contributed by atoms with E-state index in [0.29, 0.717) is 50.7 Å². The summed E-state index contributed by atoms with van der Waals surface area (Å²) >= 11 is 0. The molecule has 0 aliphatic heterocycles. The van der Waals surface area contributed by atoms with Gasteiger partial charge in [-0.1, -0.05) is 89.0 Å². The summed E-state index contributed by atoms with van der Waals surface area (Å²) in [4.78, 5) is 10.7. The zero-order chi connectivity index (χ0) is 25.6. The molecule has 0 spiro atoms. The van der Waals surface area contributed by atoms with Crippen molar-refractivity contribution in [3.63, 3.8) is 0 Å². The number of carboxylic acids is 1. The average Bonchev–Trinajstić information content (AvgIpc) is 2.81. The Morgan fingerprint density at radius 3 is 1.77 bits per heavy atom. The number of ether oxygens (including phenoxy) is 3. The van der Waals surface area contributed by atoms with E-state index in [-0.39, 0.29) is 6.54 Å². The third-order valence-corrected chi connectivity index (χ3v) is 6.25. The van der Waals surface area contributed by atoms with E-state index in [1.165, 1.54) is 81.8 Å². The van der Waals surface area contributed by atoms with E-state index in [1.54, 1.807) is 0 Å². The molecule has 1 aromatic rings. The topological polar surface area (TPSA) is 67.8 Å². The van der Waals surface area contributed by atoms with Crippen molar-refractivity contribution in [3.05, 3.63) is 35.4 Å². The lowest BCUT2D eigenvalue weighted by molar-refractivity contribution is -0.885. The van der Waals surface area contributed by atoms with Crippen molar-refractivity contribution in [3.8, 4) is 0 Å². The van der Waals surface area contributed by atoms with Gasteiger partial charge in [0.25, 0.3) is 0 Å². The molecule has 6 nitrogen and oxygen atoms in total. The highest BCUT2D eigenvalue weighted by Crippen LogP contribution is 2.13. The van der Waals surface area contributed by atoms with E-state index in [2.05, 4.69) is 31.2 Å². The normalized spacial score (nSPS) is 11.7. The van der Waals surface area contributed by atoms with Crippen LogP contribution in [0.4, 0.5) is 0 Å². The van der Waals surface area contributed by atoms with Gasteiger partial charge in [0.2, 0.25) is 0 Å². The zero-order valence-electron chi connectivity index (χ0n) is 22.7. The fraction of sp³-hybridized carbons (Fsp3) is 0.759. The number of carbonyl (C=O) groups excluding carboxylic acids is 1. The van der Waals surface area contributed by atoms with Crippen LogP contribution in [-0.4, -0.2) is 70.7 Å². The molecule has 0 aliphatic carbocycles. The van der Waals surface area contributed by atoms with Crippen LogP contribution in [0.3, 0.4) is 0 Å². The van der Waals surface area contributed by atoms with Gasteiger partial charge in [0.05, 0.1) is 59.7 Å². The Bertz CT molecular complexity index is 632. The van der Waals surface area contributed by atoms with Crippen molar-refractivity contribution in [2.45, 2.75) is 84.2 Å². The minimum absolute atomic E-state index is 0.0146. The number of rotatable bonds is 24. The van der Waals surface area contributed by atoms with Crippen LogP contribution in [-0.2, 0) is 32.0 Å². The number of hydrogen-bond donors (Lipinski definition) is 0. The van der Waals surface area contributed by atoms with Gasteiger partial charge in [-0.3, -0.25) is 0 Å². The maximum absolute atomic E-state index is 10.7. The quantitative estimate of drug-likeness (QED) is 0.156. The molecule has 0 fully saturated rings. The Morgan fingerprint density at radius 1 is 0.714 bits per heavy atom. The van der Waals surface area contributed by atoms with Crippen LogP contribution in [0.15, 0.2) is 24.3 Å². The second-order valence-corrected chi connectivity index (χ2v) is 10.2. The van der Waals surface area contributed by atoms with Crippen LogP contribution in [0, 0.1) is 0 Å². The van der Waals surface area contributed by atoms with E-state index in [9.17, 15) is 9.90 Å². The number of aryl methyl sites for hydroxylation is 1. The third-order valence-electron chi connectivity index (χ3n) is 6.25. The first-order chi connectivity index (χ1) is 16.9. The van der Waals surface area contributed by atoms with Crippen LogP contribution >= 0.6 is 0 Å². The monoisotopic (exact) mass is 493 g/mol. The molecule has 0 saturated heterocycles. The molecular weight excluding hydrogens is 442 g/mol. The van der Waals surface area contributed by atoms with Crippen LogP contribution in [0.5, 0.6) is 0 Å². The van der Waals surface area contributed by atoms with Crippen molar-refractivity contribution < 1.29 is 28.6 Å². The lowest BCUT2D eigenvalue weighted by atomic mass is 10.0. The number of nitrogens with zero attached hydrogens (tertiary/aromatic N) is 1. The summed E-state index contributed by atoms with van der Waals surface area (Å²) in [5.41, 5.74) is 2.61. The molecule has 0 saturated carbocycles. The lowest BCUT2D eigenvalue weighted by Crippen LogP contribution is -2.49. The van der Waals surface area contributed by atoms with Crippen LogP contribution < -0.4 is 5.11 Å². The SMILES string of the molecule is CCCCCCCCCCCCc1ccc(COCCOCCOCC[N+](C)(C)CC(=O)[O-])cc1. The first-order valence-electron chi connectivity index (χ1n) is 13.8. The minimum Gasteiger partial charge on any atom is -0.544 e. The van der Waals surface area contributed by atoms with Gasteiger partial charge in [0.15, 0.2) is 0 Å². The maximum atomic E-state index is 10.7. The lowest BCUT2D eigenvalue weighted by Gasteiger charge is -2.29. The highest BCUT2D eigenvalue weighted by Gasteiger charge is 2.14. The highest BCUT2D eigenvalue weighted by molar-refractivity contribution is 5.65. The predicted molar refractivity (Wildman–Crippen MR) is 140 cm³/mol. The van der Waals surface area contributed by atoms with Crippen molar-refractivity contribution >= 4 is 5.97 Å². The molecule has 1 rings (SSSR count). The summed E-state index contributed by atoms with van der Waals surface area (Å²) < 4.78 is 17.1. The number of likely N-dealkylation sites (N-methyl/N-ethyl adjacent to an activating group) is 1. The first kappa shape index (κ1) is 31.6. The fourth-order valence-corrected chi connectivity index (χ4v) is 3.99. The highest BCUT2D eigenvalue weighted by atomic mass is 16.5. The predicted octanol–water partition coefficient (Wildman–Crippen LogP) is 4.53. The summed E-state index contributed by atoms with van der Waals surface area (Å²) in [5.74, 6) is -1.04. The third kappa shape index (κ3) is 19.4. The Kier molecular flexibility index (Phi) is 18.7. The molecule has 35 heavy (non-hydrogen) atoms. The Morgan fingerprint density at radius 2 is 1.20 bits per heavy atom. The molecule has 0 radical (unpaired) electrons. The average molecular weight is 494 g/mol. The molecule has 0 unspecified atom stereocenters. The van der Waals surface area contributed by atoms with Crippen molar-refractivity contribution in [1.29, 1.82) is 0 Å². The largest absolute Gasteiger partial charge is 0.544 e. The summed E-state index contributed by atoms with van der Waals surface area (Å²) in [7, 11) is 3.69. The minimum atomic E-state index is -1.04. The van der Waals surface area contributed by atoms with Gasteiger partial charge in [0, 0.05) is 0 Å². The Hall–Kier alpha value is -1.47. The molecule has 1 aromatic carbocycles. The van der Waals surface area contributed by atoms with Crippen molar-refractivity contribution in [2.75, 3.05) is 60.2 Å². The van der Waals surface area contributed by atoms with Gasteiger partial charge in [-0.2, -0.15) is 0 Å². The van der Waals surface area contributed by atoms with Gasteiger partial charge in [-0.15, -0.1) is 0 Å². The molecule has 0 aromatic heterocycles. The smallest absolute Gasteiger partial charge is 0.119 e. The molecule has 0 bridgehead atoms. The Balaban J connectivity index is 1.93. The number of carbonyl (C=O) groups is 1.